The standard InChI is InChI=1S/C36H45N3O7/c1-3-44-34(41)21-38-36(42)37-20-26-7-4-8-28(17-26)29-9-5-10-30(18-29)35-45-32(22-39-16-6-11-31(39)24-43-2)19-33(46-35)27-14-12-25(23-40)13-15-27/h4-5,7-10,12-15,17-18,31-33,35,40H,3,6,11,16,19-24H2,1-2H3,(H2,37,38,42)/t31-,32-,33+,35+/m0/s1. The smallest absolute Gasteiger partial charge is 0.325 e. The molecular formula is C36H45N3O7. The van der Waals surface area contributed by atoms with Crippen LogP contribution >= 0.6 is 0 Å². The maximum Gasteiger partial charge on any atom is 0.325 e. The van der Waals surface area contributed by atoms with Crippen molar-refractivity contribution in [2.75, 3.05) is 40.0 Å². The van der Waals surface area contributed by atoms with Crippen LogP contribution < -0.4 is 10.6 Å². The maximum atomic E-state index is 12.2. The number of carbonyl (C=O) groups excluding carboxylic acids is 2. The molecule has 0 aromatic heterocycles. The summed E-state index contributed by atoms with van der Waals surface area (Å²) in [5.74, 6) is -0.478. The molecule has 2 aliphatic heterocycles. The van der Waals surface area contributed by atoms with E-state index in [0.717, 1.165) is 65.7 Å². The Morgan fingerprint density at radius 2 is 1.74 bits per heavy atom. The third-order valence-corrected chi connectivity index (χ3v) is 8.48. The highest BCUT2D eigenvalue weighted by Gasteiger charge is 2.35. The van der Waals surface area contributed by atoms with E-state index in [1.54, 1.807) is 14.0 Å². The molecule has 0 radical (unpaired) electrons. The Morgan fingerprint density at radius 1 is 0.957 bits per heavy atom. The van der Waals surface area contributed by atoms with Crippen LogP contribution in [0.5, 0.6) is 0 Å². The lowest BCUT2D eigenvalue weighted by molar-refractivity contribution is -0.253. The van der Waals surface area contributed by atoms with E-state index in [2.05, 4.69) is 21.6 Å². The molecule has 0 bridgehead atoms. The van der Waals surface area contributed by atoms with E-state index in [0.29, 0.717) is 19.2 Å². The van der Waals surface area contributed by atoms with E-state index >= 15 is 0 Å². The average molecular weight is 632 g/mol. The fourth-order valence-electron chi connectivity index (χ4n) is 6.15. The predicted octanol–water partition coefficient (Wildman–Crippen LogP) is 4.86. The molecule has 2 fully saturated rings. The monoisotopic (exact) mass is 631 g/mol. The van der Waals surface area contributed by atoms with Gasteiger partial charge in [-0.05, 0) is 66.3 Å². The fraction of sp³-hybridized carbons (Fsp3) is 0.444. The van der Waals surface area contributed by atoms with Gasteiger partial charge in [-0.25, -0.2) is 4.79 Å². The molecule has 4 atom stereocenters. The highest BCUT2D eigenvalue weighted by molar-refractivity contribution is 5.80. The summed E-state index contributed by atoms with van der Waals surface area (Å²) in [6, 6.07) is 24.1. The molecule has 0 aliphatic carbocycles. The molecule has 3 aromatic rings. The fourth-order valence-corrected chi connectivity index (χ4v) is 6.15. The second-order valence-corrected chi connectivity index (χ2v) is 11.8. The molecular weight excluding hydrogens is 586 g/mol. The summed E-state index contributed by atoms with van der Waals surface area (Å²) in [5, 5.41) is 14.8. The zero-order valence-corrected chi connectivity index (χ0v) is 26.7. The lowest BCUT2D eigenvalue weighted by atomic mass is 9.98. The highest BCUT2D eigenvalue weighted by atomic mass is 16.7. The van der Waals surface area contributed by atoms with Gasteiger partial charge in [-0.3, -0.25) is 9.69 Å². The molecule has 2 aliphatic rings. The number of nitrogens with one attached hydrogen (secondary N) is 2. The van der Waals surface area contributed by atoms with Gasteiger partial charge < -0.3 is 34.7 Å². The predicted molar refractivity (Wildman–Crippen MR) is 174 cm³/mol. The molecule has 246 valence electrons. The number of benzene rings is 3. The Bertz CT molecular complexity index is 1430. The second kappa shape index (κ2) is 16.7. The van der Waals surface area contributed by atoms with Crippen LogP contribution in [0.3, 0.4) is 0 Å². The first-order valence-corrected chi connectivity index (χ1v) is 16.1. The molecule has 0 spiro atoms. The second-order valence-electron chi connectivity index (χ2n) is 11.8. The van der Waals surface area contributed by atoms with E-state index in [1.165, 1.54) is 0 Å². The number of urea groups is 1. The van der Waals surface area contributed by atoms with Crippen LogP contribution in [0.15, 0.2) is 72.8 Å². The number of likely N-dealkylation sites (tertiary alicyclic amines) is 1. The third-order valence-electron chi connectivity index (χ3n) is 8.48. The summed E-state index contributed by atoms with van der Waals surface area (Å²) >= 11 is 0. The van der Waals surface area contributed by atoms with Gasteiger partial charge in [0.05, 0.1) is 32.0 Å². The molecule has 0 saturated carbocycles. The molecule has 10 nitrogen and oxygen atoms in total. The summed E-state index contributed by atoms with van der Waals surface area (Å²) < 4.78 is 23.6. The summed E-state index contributed by atoms with van der Waals surface area (Å²) in [4.78, 5) is 26.2. The van der Waals surface area contributed by atoms with Crippen molar-refractivity contribution in [3.8, 4) is 11.1 Å². The van der Waals surface area contributed by atoms with Crippen LogP contribution in [0.1, 0.15) is 60.8 Å². The van der Waals surface area contributed by atoms with Crippen molar-refractivity contribution in [3.63, 3.8) is 0 Å². The van der Waals surface area contributed by atoms with Crippen LogP contribution in [0.25, 0.3) is 11.1 Å². The molecule has 2 amide bonds. The first-order chi connectivity index (χ1) is 22.4. The largest absolute Gasteiger partial charge is 0.465 e. The van der Waals surface area contributed by atoms with Gasteiger partial charge in [-0.2, -0.15) is 0 Å². The van der Waals surface area contributed by atoms with Crippen LogP contribution in [0, 0.1) is 0 Å². The number of aliphatic hydroxyl groups is 1. The number of esters is 1. The van der Waals surface area contributed by atoms with Crippen molar-refractivity contribution in [2.45, 2.75) is 63.9 Å². The van der Waals surface area contributed by atoms with E-state index in [-0.39, 0.29) is 32.0 Å². The lowest BCUT2D eigenvalue weighted by Crippen LogP contribution is -2.42. The molecule has 3 aromatic carbocycles. The number of amides is 2. The van der Waals surface area contributed by atoms with Crippen LogP contribution in [0.4, 0.5) is 4.79 Å². The van der Waals surface area contributed by atoms with E-state index in [9.17, 15) is 14.7 Å². The summed E-state index contributed by atoms with van der Waals surface area (Å²) in [6.07, 6.45) is 2.26. The molecule has 3 N–H and O–H groups in total. The molecule has 46 heavy (non-hydrogen) atoms. The minimum atomic E-state index is -0.558. The van der Waals surface area contributed by atoms with Crippen LogP contribution in [-0.2, 0) is 36.9 Å². The number of nitrogens with zero attached hydrogens (tertiary/aromatic N) is 1. The molecule has 2 heterocycles. The Hall–Kier alpha value is -3.80. The molecule has 5 rings (SSSR count). The Balaban J connectivity index is 1.30. The number of ether oxygens (including phenoxy) is 4. The van der Waals surface area contributed by atoms with Gasteiger partial charge in [0.2, 0.25) is 0 Å². The van der Waals surface area contributed by atoms with Crippen LogP contribution in [0.2, 0.25) is 0 Å². The van der Waals surface area contributed by atoms with Gasteiger partial charge in [0.25, 0.3) is 0 Å². The number of carbonyl (C=O) groups is 2. The van der Waals surface area contributed by atoms with Gasteiger partial charge in [0.15, 0.2) is 6.29 Å². The Morgan fingerprint density at radius 3 is 2.50 bits per heavy atom. The average Bonchev–Trinajstić information content (AvgIpc) is 3.53. The topological polar surface area (TPSA) is 119 Å². The van der Waals surface area contributed by atoms with Crippen molar-refractivity contribution in [1.82, 2.24) is 15.5 Å². The highest BCUT2D eigenvalue weighted by Crippen LogP contribution is 2.39. The maximum absolute atomic E-state index is 12.2. The molecule has 0 unspecified atom stereocenters. The van der Waals surface area contributed by atoms with Gasteiger partial charge in [0, 0.05) is 38.2 Å². The number of rotatable bonds is 13. The van der Waals surface area contributed by atoms with Crippen molar-refractivity contribution in [3.05, 3.63) is 95.1 Å². The molecule has 2 saturated heterocycles. The number of hydrogen-bond donors (Lipinski definition) is 3. The quantitative estimate of drug-likeness (QED) is 0.229. The summed E-state index contributed by atoms with van der Waals surface area (Å²) in [7, 11) is 1.76. The van der Waals surface area contributed by atoms with Crippen molar-refractivity contribution in [1.29, 1.82) is 0 Å². The van der Waals surface area contributed by atoms with Gasteiger partial charge >= 0.3 is 12.0 Å². The summed E-state index contributed by atoms with van der Waals surface area (Å²) in [6.45, 7) is 4.66. The first kappa shape index (κ1) is 33.6. The Kier molecular flexibility index (Phi) is 12.2. The number of aliphatic hydroxyl groups excluding tert-OH is 1. The van der Waals surface area contributed by atoms with Crippen molar-refractivity contribution < 1.29 is 33.6 Å². The van der Waals surface area contributed by atoms with E-state index in [4.69, 9.17) is 18.9 Å². The SMILES string of the molecule is CCOC(=O)CNC(=O)NCc1cccc(-c2cccc([C@@H]3O[C@H](CN4CCC[C@H]4COC)C[C@H](c4ccc(CO)cc4)O3)c2)c1. The zero-order valence-electron chi connectivity index (χ0n) is 26.7. The number of hydrogen-bond acceptors (Lipinski definition) is 8. The Labute approximate surface area is 271 Å². The van der Waals surface area contributed by atoms with Gasteiger partial charge in [-0.1, -0.05) is 60.7 Å². The van der Waals surface area contributed by atoms with E-state index < -0.39 is 18.3 Å². The minimum Gasteiger partial charge on any atom is -0.465 e. The zero-order chi connectivity index (χ0) is 32.3. The van der Waals surface area contributed by atoms with Crippen molar-refractivity contribution in [2.24, 2.45) is 0 Å². The van der Waals surface area contributed by atoms with Crippen molar-refractivity contribution >= 4 is 12.0 Å². The van der Waals surface area contributed by atoms with Crippen LogP contribution in [-0.4, -0.2) is 74.1 Å². The first-order valence-electron chi connectivity index (χ1n) is 16.1. The normalized spacial score (nSPS) is 21.5. The minimum absolute atomic E-state index is 0.00273. The summed E-state index contributed by atoms with van der Waals surface area (Å²) in [5.41, 5.74) is 5.77. The third kappa shape index (κ3) is 9.14. The van der Waals surface area contributed by atoms with E-state index in [1.807, 2.05) is 66.7 Å². The van der Waals surface area contributed by atoms with Gasteiger partial charge in [0.1, 0.15) is 6.54 Å². The molecule has 10 heteroatoms. The number of methoxy groups -OCH3 is 1. The lowest BCUT2D eigenvalue weighted by Gasteiger charge is -2.39. The van der Waals surface area contributed by atoms with Gasteiger partial charge in [-0.15, -0.1) is 0 Å².